The van der Waals surface area contributed by atoms with E-state index in [2.05, 4.69) is 5.32 Å². The molecule has 2 aromatic rings. The fraction of sp³-hybridized carbons (Fsp3) is 0.364. The van der Waals surface area contributed by atoms with E-state index in [-0.39, 0.29) is 29.8 Å². The lowest BCUT2D eigenvalue weighted by Gasteiger charge is -2.25. The minimum atomic E-state index is -4.47. The summed E-state index contributed by atoms with van der Waals surface area (Å²) < 4.78 is 44.3. The van der Waals surface area contributed by atoms with Crippen LogP contribution >= 0.6 is 23.8 Å². The lowest BCUT2D eigenvalue weighted by molar-refractivity contribution is -0.146. The molecule has 10 heteroatoms. The third kappa shape index (κ3) is 7.08. The summed E-state index contributed by atoms with van der Waals surface area (Å²) in [6.45, 7) is 2.78. The van der Waals surface area contributed by atoms with Crippen LogP contribution in [-0.2, 0) is 22.3 Å². The number of nitrogens with zero attached hydrogens (tertiary/aromatic N) is 2. The van der Waals surface area contributed by atoms with Gasteiger partial charge in [-0.05, 0) is 42.4 Å². The van der Waals surface area contributed by atoms with Gasteiger partial charge in [0.15, 0.2) is 5.11 Å². The quantitative estimate of drug-likeness (QED) is 0.484. The van der Waals surface area contributed by atoms with E-state index in [9.17, 15) is 18.0 Å². The van der Waals surface area contributed by atoms with Gasteiger partial charge in [-0.3, -0.25) is 9.69 Å². The summed E-state index contributed by atoms with van der Waals surface area (Å²) in [6, 6.07) is 12.5. The average Bonchev–Trinajstić information content (AvgIpc) is 2.99. The first kappa shape index (κ1) is 24.3. The number of carbonyl (C=O) groups is 1. The summed E-state index contributed by atoms with van der Waals surface area (Å²) in [5, 5.41) is 3.27. The SMILES string of the molecule is O=C(CN1CCCN(C(=S)Nc2cc(C(F)(F)F)ccc2Cl)CC1)OCc1ccccc1. The van der Waals surface area contributed by atoms with Gasteiger partial charge in [0, 0.05) is 26.2 Å². The van der Waals surface area contributed by atoms with Crippen molar-refractivity contribution in [3.8, 4) is 0 Å². The lowest BCUT2D eigenvalue weighted by atomic mass is 10.2. The van der Waals surface area contributed by atoms with Crippen LogP contribution in [0.25, 0.3) is 0 Å². The van der Waals surface area contributed by atoms with Gasteiger partial charge in [0.25, 0.3) is 0 Å². The number of benzene rings is 2. The summed E-state index contributed by atoms with van der Waals surface area (Å²) in [6.07, 6.45) is -3.73. The Hall–Kier alpha value is -2.36. The number of esters is 1. The molecule has 1 aliphatic heterocycles. The second kappa shape index (κ2) is 11.0. The maximum atomic E-state index is 13.0. The smallest absolute Gasteiger partial charge is 0.416 e. The zero-order valence-electron chi connectivity index (χ0n) is 17.2. The number of thiocarbonyl (C=S) groups is 1. The number of hydrogen-bond donors (Lipinski definition) is 1. The molecular formula is C22H23ClF3N3O2S. The van der Waals surface area contributed by atoms with Crippen LogP contribution in [0.1, 0.15) is 17.5 Å². The Morgan fingerprint density at radius 2 is 1.84 bits per heavy atom. The van der Waals surface area contributed by atoms with Gasteiger partial charge in [-0.25, -0.2) is 0 Å². The highest BCUT2D eigenvalue weighted by atomic mass is 35.5. The van der Waals surface area contributed by atoms with Crippen molar-refractivity contribution in [3.05, 3.63) is 64.7 Å². The minimum Gasteiger partial charge on any atom is -0.460 e. The van der Waals surface area contributed by atoms with Crippen molar-refractivity contribution in [3.63, 3.8) is 0 Å². The second-order valence-electron chi connectivity index (χ2n) is 7.39. The van der Waals surface area contributed by atoms with E-state index < -0.39 is 11.7 Å². The first-order chi connectivity index (χ1) is 15.2. The fourth-order valence-corrected chi connectivity index (χ4v) is 3.75. The molecule has 0 saturated carbocycles. The number of rotatable bonds is 5. The van der Waals surface area contributed by atoms with Crippen LogP contribution in [0.4, 0.5) is 18.9 Å². The van der Waals surface area contributed by atoms with Crippen molar-refractivity contribution < 1.29 is 22.7 Å². The average molecular weight is 486 g/mol. The Morgan fingerprint density at radius 1 is 1.09 bits per heavy atom. The molecule has 2 aromatic carbocycles. The van der Waals surface area contributed by atoms with Gasteiger partial charge in [0.05, 0.1) is 22.8 Å². The van der Waals surface area contributed by atoms with Gasteiger partial charge < -0.3 is 15.0 Å². The van der Waals surface area contributed by atoms with Gasteiger partial charge in [-0.1, -0.05) is 41.9 Å². The summed E-state index contributed by atoms with van der Waals surface area (Å²) in [5.41, 5.74) is 0.230. The normalized spacial score (nSPS) is 15.2. The van der Waals surface area contributed by atoms with Crippen molar-refractivity contribution in [2.75, 3.05) is 38.0 Å². The first-order valence-electron chi connectivity index (χ1n) is 10.1. The molecule has 0 amide bonds. The summed E-state index contributed by atoms with van der Waals surface area (Å²) in [7, 11) is 0. The maximum Gasteiger partial charge on any atom is 0.416 e. The minimum absolute atomic E-state index is 0.108. The van der Waals surface area contributed by atoms with Gasteiger partial charge in [0.1, 0.15) is 6.61 Å². The van der Waals surface area contributed by atoms with Crippen LogP contribution < -0.4 is 5.32 Å². The highest BCUT2D eigenvalue weighted by molar-refractivity contribution is 7.80. The van der Waals surface area contributed by atoms with Gasteiger partial charge >= 0.3 is 12.1 Å². The molecule has 1 heterocycles. The zero-order chi connectivity index (χ0) is 23.1. The predicted molar refractivity (Wildman–Crippen MR) is 122 cm³/mol. The number of carbonyl (C=O) groups excluding carboxylic acids is 1. The van der Waals surface area contributed by atoms with E-state index in [4.69, 9.17) is 28.6 Å². The highest BCUT2D eigenvalue weighted by Crippen LogP contribution is 2.34. The Morgan fingerprint density at radius 3 is 2.56 bits per heavy atom. The van der Waals surface area contributed by atoms with Crippen LogP contribution in [-0.4, -0.2) is 53.6 Å². The molecule has 0 spiro atoms. The molecule has 0 aliphatic carbocycles. The second-order valence-corrected chi connectivity index (χ2v) is 8.18. The molecule has 0 unspecified atom stereocenters. The molecule has 3 rings (SSSR count). The highest BCUT2D eigenvalue weighted by Gasteiger charge is 2.31. The number of hydrogen-bond acceptors (Lipinski definition) is 4. The molecule has 1 aliphatic rings. The summed E-state index contributed by atoms with van der Waals surface area (Å²) >= 11 is 11.4. The van der Waals surface area contributed by atoms with Gasteiger partial charge in [0.2, 0.25) is 0 Å². The lowest BCUT2D eigenvalue weighted by Crippen LogP contribution is -2.39. The third-order valence-electron chi connectivity index (χ3n) is 5.01. The van der Waals surface area contributed by atoms with Crippen molar-refractivity contribution in [1.82, 2.24) is 9.80 Å². The molecule has 0 atom stereocenters. The van der Waals surface area contributed by atoms with E-state index in [1.165, 1.54) is 6.07 Å². The summed E-state index contributed by atoms with van der Waals surface area (Å²) in [4.78, 5) is 16.0. The molecular weight excluding hydrogens is 463 g/mol. The van der Waals surface area contributed by atoms with Gasteiger partial charge in [-0.2, -0.15) is 13.2 Å². The van der Waals surface area contributed by atoms with E-state index in [1.54, 1.807) is 0 Å². The predicted octanol–water partition coefficient (Wildman–Crippen LogP) is 4.81. The Balaban J connectivity index is 1.50. The Labute approximate surface area is 195 Å². The molecule has 0 radical (unpaired) electrons. The molecule has 1 N–H and O–H groups in total. The van der Waals surface area contributed by atoms with Crippen molar-refractivity contribution >= 4 is 40.6 Å². The van der Waals surface area contributed by atoms with Crippen LogP contribution in [0.3, 0.4) is 0 Å². The number of halogens is 4. The largest absolute Gasteiger partial charge is 0.460 e. The fourth-order valence-electron chi connectivity index (χ4n) is 3.29. The summed E-state index contributed by atoms with van der Waals surface area (Å²) in [5.74, 6) is -0.307. The molecule has 172 valence electrons. The molecule has 0 bridgehead atoms. The molecule has 1 fully saturated rings. The first-order valence-corrected chi connectivity index (χ1v) is 10.9. The number of anilines is 1. The molecule has 5 nitrogen and oxygen atoms in total. The van der Waals surface area contributed by atoms with E-state index in [0.717, 1.165) is 24.1 Å². The van der Waals surface area contributed by atoms with Crippen molar-refractivity contribution in [1.29, 1.82) is 0 Å². The van der Waals surface area contributed by atoms with Crippen LogP contribution in [0.15, 0.2) is 48.5 Å². The number of nitrogens with one attached hydrogen (secondary N) is 1. The van der Waals surface area contributed by atoms with Gasteiger partial charge in [-0.15, -0.1) is 0 Å². The van der Waals surface area contributed by atoms with Crippen LogP contribution in [0.5, 0.6) is 0 Å². The van der Waals surface area contributed by atoms with E-state index in [0.29, 0.717) is 31.3 Å². The monoisotopic (exact) mass is 485 g/mol. The standard InChI is InChI=1S/C22H23ClF3N3O2S/c23-18-8-7-17(22(24,25)26)13-19(18)27-21(32)29-10-4-9-28(11-12-29)14-20(30)31-15-16-5-2-1-3-6-16/h1-3,5-8,13H,4,9-12,14-15H2,(H,27,32). The van der Waals surface area contributed by atoms with Crippen LogP contribution in [0.2, 0.25) is 5.02 Å². The van der Waals surface area contributed by atoms with E-state index >= 15 is 0 Å². The molecule has 1 saturated heterocycles. The number of ether oxygens (including phenoxy) is 1. The maximum absolute atomic E-state index is 13.0. The van der Waals surface area contributed by atoms with Crippen molar-refractivity contribution in [2.45, 2.75) is 19.2 Å². The molecule has 0 aromatic heterocycles. The molecule has 32 heavy (non-hydrogen) atoms. The van der Waals surface area contributed by atoms with E-state index in [1.807, 2.05) is 40.1 Å². The third-order valence-corrected chi connectivity index (χ3v) is 5.70. The van der Waals surface area contributed by atoms with Crippen molar-refractivity contribution in [2.24, 2.45) is 0 Å². The van der Waals surface area contributed by atoms with Crippen LogP contribution in [0, 0.1) is 0 Å². The number of alkyl halides is 3. The zero-order valence-corrected chi connectivity index (χ0v) is 18.8. The Bertz CT molecular complexity index is 944. The Kier molecular flexibility index (Phi) is 8.33. The topological polar surface area (TPSA) is 44.8 Å².